The van der Waals surface area contributed by atoms with Gasteiger partial charge in [-0.05, 0) is 23.8 Å². The highest BCUT2D eigenvalue weighted by Gasteiger charge is 2.34. The standard InChI is InChI=1S/C14H13F3N2O2/c1-20-10-3-5-13(19-8-10)21-12-4-2-9(7-18)6-11(12)14(15,16)17/h2-6,8H,7,18H2,1H3. The molecule has 0 atom stereocenters. The maximum atomic E-state index is 13.0. The summed E-state index contributed by atoms with van der Waals surface area (Å²) in [6, 6.07) is 6.66. The fraction of sp³-hybridized carbons (Fsp3) is 0.214. The van der Waals surface area contributed by atoms with Crippen LogP contribution >= 0.6 is 0 Å². The second kappa shape index (κ2) is 6.01. The SMILES string of the molecule is COc1ccc(Oc2ccc(CN)cc2C(F)(F)F)nc1. The normalized spacial score (nSPS) is 11.3. The molecule has 1 aromatic carbocycles. The van der Waals surface area contributed by atoms with Crippen molar-refractivity contribution in [3.8, 4) is 17.4 Å². The maximum Gasteiger partial charge on any atom is 0.419 e. The summed E-state index contributed by atoms with van der Waals surface area (Å²) in [4.78, 5) is 3.87. The lowest BCUT2D eigenvalue weighted by atomic mass is 10.1. The van der Waals surface area contributed by atoms with E-state index in [0.717, 1.165) is 6.07 Å². The quantitative estimate of drug-likeness (QED) is 0.940. The highest BCUT2D eigenvalue weighted by atomic mass is 19.4. The van der Waals surface area contributed by atoms with E-state index in [1.165, 1.54) is 31.5 Å². The van der Waals surface area contributed by atoms with Crippen LogP contribution in [0.4, 0.5) is 13.2 Å². The summed E-state index contributed by atoms with van der Waals surface area (Å²) in [6.07, 6.45) is -3.18. The van der Waals surface area contributed by atoms with Crippen LogP contribution in [0.3, 0.4) is 0 Å². The predicted molar refractivity (Wildman–Crippen MR) is 70.2 cm³/mol. The van der Waals surface area contributed by atoms with E-state index in [9.17, 15) is 13.2 Å². The molecule has 21 heavy (non-hydrogen) atoms. The molecule has 0 saturated heterocycles. The number of pyridine rings is 1. The predicted octanol–water partition coefficient (Wildman–Crippen LogP) is 3.36. The minimum Gasteiger partial charge on any atom is -0.495 e. The summed E-state index contributed by atoms with van der Waals surface area (Å²) in [7, 11) is 1.46. The van der Waals surface area contributed by atoms with E-state index in [-0.39, 0.29) is 18.2 Å². The molecule has 7 heteroatoms. The van der Waals surface area contributed by atoms with E-state index in [1.807, 2.05) is 0 Å². The Bertz CT molecular complexity index is 613. The van der Waals surface area contributed by atoms with E-state index < -0.39 is 11.7 Å². The van der Waals surface area contributed by atoms with Gasteiger partial charge in [0.15, 0.2) is 0 Å². The summed E-state index contributed by atoms with van der Waals surface area (Å²) in [6.45, 7) is 0.0180. The van der Waals surface area contributed by atoms with Crippen LogP contribution in [-0.4, -0.2) is 12.1 Å². The smallest absolute Gasteiger partial charge is 0.419 e. The summed E-state index contributed by atoms with van der Waals surface area (Å²) in [5, 5.41) is 0. The number of alkyl halides is 3. The third kappa shape index (κ3) is 3.63. The Morgan fingerprint density at radius 3 is 2.48 bits per heavy atom. The molecule has 0 aliphatic carbocycles. The molecule has 0 amide bonds. The van der Waals surface area contributed by atoms with Gasteiger partial charge in [-0.25, -0.2) is 4.98 Å². The van der Waals surface area contributed by atoms with Gasteiger partial charge in [0.2, 0.25) is 5.88 Å². The fourth-order valence-corrected chi connectivity index (χ4v) is 1.68. The van der Waals surface area contributed by atoms with E-state index >= 15 is 0 Å². The summed E-state index contributed by atoms with van der Waals surface area (Å²) in [5.74, 6) is 0.205. The van der Waals surface area contributed by atoms with Gasteiger partial charge in [0, 0.05) is 12.6 Å². The van der Waals surface area contributed by atoms with Crippen LogP contribution in [0.5, 0.6) is 17.4 Å². The number of halogens is 3. The number of methoxy groups -OCH3 is 1. The summed E-state index contributed by atoms with van der Waals surface area (Å²) < 4.78 is 49.2. The van der Waals surface area contributed by atoms with Gasteiger partial charge in [0.05, 0.1) is 18.9 Å². The number of hydrogen-bond acceptors (Lipinski definition) is 4. The first-order chi connectivity index (χ1) is 9.94. The molecule has 0 radical (unpaired) electrons. The zero-order chi connectivity index (χ0) is 15.5. The Morgan fingerprint density at radius 2 is 1.95 bits per heavy atom. The largest absolute Gasteiger partial charge is 0.495 e. The molecule has 0 bridgehead atoms. The van der Waals surface area contributed by atoms with Crippen molar-refractivity contribution < 1.29 is 22.6 Å². The minimum absolute atomic E-state index is 0.0180. The van der Waals surface area contributed by atoms with E-state index in [0.29, 0.717) is 11.3 Å². The zero-order valence-electron chi connectivity index (χ0n) is 11.1. The average Bonchev–Trinajstić information content (AvgIpc) is 2.47. The van der Waals surface area contributed by atoms with Gasteiger partial charge in [-0.15, -0.1) is 0 Å². The molecule has 0 aliphatic rings. The molecule has 0 spiro atoms. The Balaban J connectivity index is 2.34. The third-order valence-corrected chi connectivity index (χ3v) is 2.74. The van der Waals surface area contributed by atoms with Crippen molar-refractivity contribution in [1.29, 1.82) is 0 Å². The van der Waals surface area contributed by atoms with Crippen molar-refractivity contribution in [2.24, 2.45) is 5.73 Å². The van der Waals surface area contributed by atoms with Crippen LogP contribution in [0, 0.1) is 0 Å². The van der Waals surface area contributed by atoms with E-state index in [1.54, 1.807) is 6.07 Å². The Kier molecular flexibility index (Phi) is 4.32. The van der Waals surface area contributed by atoms with Crippen LogP contribution < -0.4 is 15.2 Å². The van der Waals surface area contributed by atoms with Crippen LogP contribution in [-0.2, 0) is 12.7 Å². The van der Waals surface area contributed by atoms with Crippen LogP contribution in [0.2, 0.25) is 0 Å². The number of aromatic nitrogens is 1. The minimum atomic E-state index is -4.53. The lowest BCUT2D eigenvalue weighted by Gasteiger charge is -2.14. The fourth-order valence-electron chi connectivity index (χ4n) is 1.68. The second-order valence-electron chi connectivity index (χ2n) is 4.17. The first-order valence-electron chi connectivity index (χ1n) is 6.02. The molecule has 2 rings (SSSR count). The first kappa shape index (κ1) is 15.1. The molecule has 0 aliphatic heterocycles. The zero-order valence-corrected chi connectivity index (χ0v) is 11.1. The molecule has 0 fully saturated rings. The van der Waals surface area contributed by atoms with Crippen molar-refractivity contribution in [3.63, 3.8) is 0 Å². The van der Waals surface area contributed by atoms with Crippen LogP contribution in [0.1, 0.15) is 11.1 Å². The number of nitrogens with zero attached hydrogens (tertiary/aromatic N) is 1. The van der Waals surface area contributed by atoms with Crippen molar-refractivity contribution in [2.45, 2.75) is 12.7 Å². The molecule has 1 heterocycles. The number of nitrogens with two attached hydrogens (primary N) is 1. The monoisotopic (exact) mass is 298 g/mol. The van der Waals surface area contributed by atoms with Gasteiger partial charge in [-0.2, -0.15) is 13.2 Å². The van der Waals surface area contributed by atoms with Crippen molar-refractivity contribution in [1.82, 2.24) is 4.98 Å². The molecule has 0 unspecified atom stereocenters. The number of ether oxygens (including phenoxy) is 2. The molecule has 0 saturated carbocycles. The second-order valence-corrected chi connectivity index (χ2v) is 4.17. The topological polar surface area (TPSA) is 57.4 Å². The van der Waals surface area contributed by atoms with Gasteiger partial charge < -0.3 is 15.2 Å². The first-order valence-corrected chi connectivity index (χ1v) is 6.02. The Labute approximate surface area is 119 Å². The molecule has 2 N–H and O–H groups in total. The molecule has 2 aromatic rings. The Morgan fingerprint density at radius 1 is 1.19 bits per heavy atom. The van der Waals surface area contributed by atoms with Gasteiger partial charge >= 0.3 is 6.18 Å². The highest BCUT2D eigenvalue weighted by Crippen LogP contribution is 2.38. The van der Waals surface area contributed by atoms with Crippen molar-refractivity contribution in [3.05, 3.63) is 47.7 Å². The molecule has 112 valence electrons. The Hall–Kier alpha value is -2.28. The van der Waals surface area contributed by atoms with Gasteiger partial charge in [-0.1, -0.05) is 6.07 Å². The summed E-state index contributed by atoms with van der Waals surface area (Å²) >= 11 is 0. The highest BCUT2D eigenvalue weighted by molar-refractivity contribution is 5.41. The van der Waals surface area contributed by atoms with E-state index in [4.69, 9.17) is 15.2 Å². The summed E-state index contributed by atoms with van der Waals surface area (Å²) in [5.41, 5.74) is 4.85. The van der Waals surface area contributed by atoms with Gasteiger partial charge in [-0.3, -0.25) is 0 Å². The van der Waals surface area contributed by atoms with Crippen molar-refractivity contribution >= 4 is 0 Å². The lowest BCUT2D eigenvalue weighted by molar-refractivity contribution is -0.138. The third-order valence-electron chi connectivity index (χ3n) is 2.74. The van der Waals surface area contributed by atoms with Gasteiger partial charge in [0.1, 0.15) is 11.5 Å². The average molecular weight is 298 g/mol. The van der Waals surface area contributed by atoms with Crippen LogP contribution in [0.25, 0.3) is 0 Å². The molecular weight excluding hydrogens is 285 g/mol. The number of rotatable bonds is 4. The maximum absolute atomic E-state index is 13.0. The van der Waals surface area contributed by atoms with Gasteiger partial charge in [0.25, 0.3) is 0 Å². The number of benzene rings is 1. The number of hydrogen-bond donors (Lipinski definition) is 1. The van der Waals surface area contributed by atoms with E-state index in [2.05, 4.69) is 4.98 Å². The molecular formula is C14H13F3N2O2. The molecule has 4 nitrogen and oxygen atoms in total. The van der Waals surface area contributed by atoms with Crippen molar-refractivity contribution in [2.75, 3.05) is 7.11 Å². The molecule has 1 aromatic heterocycles. The lowest BCUT2D eigenvalue weighted by Crippen LogP contribution is -2.09. The van der Waals surface area contributed by atoms with Crippen LogP contribution in [0.15, 0.2) is 36.5 Å².